The van der Waals surface area contributed by atoms with Gasteiger partial charge in [0.25, 0.3) is 0 Å². The second-order valence-electron chi connectivity index (χ2n) is 7.76. The summed E-state index contributed by atoms with van der Waals surface area (Å²) in [6.07, 6.45) is 3.13. The van der Waals surface area contributed by atoms with Crippen LogP contribution in [0.25, 0.3) is 0 Å². The molecule has 1 saturated heterocycles. The number of nitrogens with zero attached hydrogens (tertiary/aromatic N) is 1. The zero-order valence-electron chi connectivity index (χ0n) is 15.2. The highest BCUT2D eigenvalue weighted by Crippen LogP contribution is 2.45. The highest BCUT2D eigenvalue weighted by atomic mass is 79.9. The molecule has 1 aliphatic carbocycles. The first kappa shape index (κ1) is 19.2. The molecule has 2 unspecified atom stereocenters. The Kier molecular flexibility index (Phi) is 5.78. The molecule has 1 aromatic heterocycles. The fourth-order valence-electron chi connectivity index (χ4n) is 3.83. The van der Waals surface area contributed by atoms with Gasteiger partial charge in [0, 0.05) is 48.6 Å². The summed E-state index contributed by atoms with van der Waals surface area (Å²) >= 11 is 5.30. The van der Waals surface area contributed by atoms with Crippen LogP contribution < -0.4 is 5.32 Å². The second-order valence-corrected chi connectivity index (χ2v) is 10.3. The second kappa shape index (κ2) is 8.11. The number of carbonyl (C=O) groups is 1. The van der Waals surface area contributed by atoms with Crippen LogP contribution in [0.1, 0.15) is 46.0 Å². The lowest BCUT2D eigenvalue weighted by Gasteiger charge is -2.36. The molecule has 0 radical (unpaired) electrons. The maximum absolute atomic E-state index is 15.2. The van der Waals surface area contributed by atoms with Gasteiger partial charge in [-0.25, -0.2) is 4.39 Å². The van der Waals surface area contributed by atoms with Gasteiger partial charge in [-0.2, -0.15) is 0 Å². The molecule has 0 bridgehead atoms. The van der Waals surface area contributed by atoms with Crippen LogP contribution in [-0.2, 0) is 6.54 Å². The lowest BCUT2D eigenvalue weighted by molar-refractivity contribution is 0.0544. The molecule has 2 aromatic rings. The van der Waals surface area contributed by atoms with Crippen molar-refractivity contribution in [2.24, 2.45) is 0 Å². The van der Waals surface area contributed by atoms with E-state index >= 15 is 4.39 Å². The molecule has 27 heavy (non-hydrogen) atoms. The van der Waals surface area contributed by atoms with Gasteiger partial charge in [0.05, 0.1) is 3.79 Å². The third-order valence-corrected chi connectivity index (χ3v) is 7.46. The Morgan fingerprint density at radius 1 is 1.22 bits per heavy atom. The summed E-state index contributed by atoms with van der Waals surface area (Å²) in [5.74, 6) is 0.555. The summed E-state index contributed by atoms with van der Waals surface area (Å²) in [6, 6.07) is 12.3. The van der Waals surface area contributed by atoms with E-state index in [1.165, 1.54) is 14.2 Å². The number of nitrogens with one attached hydrogen (secondary N) is 1. The molecule has 2 aliphatic rings. The topological polar surface area (TPSA) is 32.3 Å². The predicted molar refractivity (Wildman–Crippen MR) is 111 cm³/mol. The third kappa shape index (κ3) is 4.86. The van der Waals surface area contributed by atoms with Crippen LogP contribution in [0.4, 0.5) is 4.39 Å². The van der Waals surface area contributed by atoms with E-state index in [9.17, 15) is 4.79 Å². The van der Waals surface area contributed by atoms with Crippen LogP contribution in [0, 0.1) is 0 Å². The van der Waals surface area contributed by atoms with Gasteiger partial charge in [-0.1, -0.05) is 24.3 Å². The number of aldehydes is 1. The maximum atomic E-state index is 15.2. The molecule has 144 valence electrons. The summed E-state index contributed by atoms with van der Waals surface area (Å²) in [6.45, 7) is 2.84. The third-order valence-electron chi connectivity index (χ3n) is 5.71. The van der Waals surface area contributed by atoms with E-state index in [1.807, 2.05) is 24.3 Å². The summed E-state index contributed by atoms with van der Waals surface area (Å²) in [5.41, 5.74) is 0.772. The first-order valence-corrected chi connectivity index (χ1v) is 11.1. The largest absolute Gasteiger partial charge is 0.310 e. The number of rotatable bonds is 7. The van der Waals surface area contributed by atoms with Crippen molar-refractivity contribution in [2.45, 2.75) is 43.4 Å². The fraction of sp³-hybridized carbons (Fsp3) is 0.476. The predicted octanol–water partition coefficient (Wildman–Crippen LogP) is 4.77. The van der Waals surface area contributed by atoms with Gasteiger partial charge in [-0.05, 0) is 52.9 Å². The average molecular weight is 451 g/mol. The maximum Gasteiger partial charge on any atom is 0.150 e. The van der Waals surface area contributed by atoms with Crippen molar-refractivity contribution in [3.05, 3.63) is 56.2 Å². The van der Waals surface area contributed by atoms with E-state index in [2.05, 4.69) is 38.3 Å². The Labute approximate surface area is 172 Å². The number of alkyl halides is 1. The number of hydrogen-bond acceptors (Lipinski definition) is 4. The SMILES string of the molecule is O=Cc1ccc(CN2CCC(F)(CNC3CC3c3ccc(Br)s3)CC2)cc1. The van der Waals surface area contributed by atoms with E-state index < -0.39 is 5.67 Å². The van der Waals surface area contributed by atoms with Gasteiger partial charge < -0.3 is 5.32 Å². The Morgan fingerprint density at radius 3 is 2.59 bits per heavy atom. The molecule has 0 spiro atoms. The van der Waals surface area contributed by atoms with Gasteiger partial charge in [0.2, 0.25) is 0 Å². The molecule has 1 aliphatic heterocycles. The summed E-state index contributed by atoms with van der Waals surface area (Å²) in [4.78, 5) is 14.4. The summed E-state index contributed by atoms with van der Waals surface area (Å²) in [5, 5.41) is 3.47. The van der Waals surface area contributed by atoms with Crippen molar-refractivity contribution in [2.75, 3.05) is 19.6 Å². The van der Waals surface area contributed by atoms with Crippen LogP contribution in [-0.4, -0.2) is 42.5 Å². The monoisotopic (exact) mass is 450 g/mol. The number of benzene rings is 1. The molecule has 1 saturated carbocycles. The molecular formula is C21H24BrFN2OS. The highest BCUT2D eigenvalue weighted by molar-refractivity contribution is 9.11. The zero-order valence-corrected chi connectivity index (χ0v) is 17.6. The van der Waals surface area contributed by atoms with Crippen molar-refractivity contribution in [1.29, 1.82) is 0 Å². The van der Waals surface area contributed by atoms with Crippen LogP contribution >= 0.6 is 27.3 Å². The number of piperidine rings is 1. The van der Waals surface area contributed by atoms with Crippen molar-refractivity contribution in [1.82, 2.24) is 10.2 Å². The molecule has 4 rings (SSSR count). The van der Waals surface area contributed by atoms with Crippen molar-refractivity contribution in [3.63, 3.8) is 0 Å². The van der Waals surface area contributed by atoms with Gasteiger partial charge >= 0.3 is 0 Å². The minimum atomic E-state index is -1.10. The Balaban J connectivity index is 1.21. The number of likely N-dealkylation sites (tertiary alicyclic amines) is 1. The van der Waals surface area contributed by atoms with Gasteiger partial charge in [0.15, 0.2) is 0 Å². The molecule has 3 nitrogen and oxygen atoms in total. The van der Waals surface area contributed by atoms with Gasteiger partial charge in [-0.3, -0.25) is 9.69 Å². The van der Waals surface area contributed by atoms with Crippen LogP contribution in [0.5, 0.6) is 0 Å². The van der Waals surface area contributed by atoms with Gasteiger partial charge in [-0.15, -0.1) is 11.3 Å². The number of carbonyl (C=O) groups excluding carboxylic acids is 1. The first-order chi connectivity index (χ1) is 13.0. The summed E-state index contributed by atoms with van der Waals surface area (Å²) < 4.78 is 16.3. The van der Waals surface area contributed by atoms with E-state index in [1.54, 1.807) is 11.3 Å². The lowest BCUT2D eigenvalue weighted by atomic mass is 9.93. The van der Waals surface area contributed by atoms with E-state index in [4.69, 9.17) is 0 Å². The highest BCUT2D eigenvalue weighted by Gasteiger charge is 2.42. The van der Waals surface area contributed by atoms with Crippen molar-refractivity contribution >= 4 is 33.6 Å². The quantitative estimate of drug-likeness (QED) is 0.616. The minimum Gasteiger partial charge on any atom is -0.310 e. The Bertz CT molecular complexity index is 786. The van der Waals surface area contributed by atoms with Crippen molar-refractivity contribution < 1.29 is 9.18 Å². The molecule has 1 N–H and O–H groups in total. The van der Waals surface area contributed by atoms with E-state index in [0.29, 0.717) is 36.9 Å². The number of halogens is 2. The molecule has 2 heterocycles. The normalized spacial score (nSPS) is 24.7. The molecule has 2 atom stereocenters. The molecule has 0 amide bonds. The fourth-order valence-corrected chi connectivity index (χ4v) is 5.43. The van der Waals surface area contributed by atoms with Crippen LogP contribution in [0.15, 0.2) is 40.2 Å². The van der Waals surface area contributed by atoms with Crippen LogP contribution in [0.3, 0.4) is 0 Å². The molecule has 6 heteroatoms. The molecular weight excluding hydrogens is 427 g/mol. The summed E-state index contributed by atoms with van der Waals surface area (Å²) in [7, 11) is 0. The minimum absolute atomic E-state index is 0.428. The standard InChI is InChI=1S/C21H24BrFN2OS/c22-20-6-5-19(27-20)17-11-18(17)24-14-21(23)7-9-25(10-8-21)12-15-1-3-16(13-26)4-2-15/h1-6,13,17-18,24H,7-12,14H2. The molecule has 1 aromatic carbocycles. The van der Waals surface area contributed by atoms with E-state index in [0.717, 1.165) is 32.3 Å². The Hall–Kier alpha value is -1.08. The average Bonchev–Trinajstić information content (AvgIpc) is 3.34. The number of hydrogen-bond donors (Lipinski definition) is 1. The van der Waals surface area contributed by atoms with Gasteiger partial charge in [0.1, 0.15) is 12.0 Å². The van der Waals surface area contributed by atoms with Crippen LogP contribution in [0.2, 0.25) is 0 Å². The molecule has 2 fully saturated rings. The first-order valence-electron chi connectivity index (χ1n) is 9.49. The Morgan fingerprint density at radius 2 is 1.96 bits per heavy atom. The van der Waals surface area contributed by atoms with Crippen molar-refractivity contribution in [3.8, 4) is 0 Å². The zero-order chi connectivity index (χ0) is 18.9. The lowest BCUT2D eigenvalue weighted by Crippen LogP contribution is -2.47. The smallest absolute Gasteiger partial charge is 0.150 e. The van der Waals surface area contributed by atoms with E-state index in [-0.39, 0.29) is 0 Å². The number of thiophene rings is 1.